The minimum Gasteiger partial charge on any atom is -0.326 e. The van der Waals surface area contributed by atoms with Gasteiger partial charge in [-0.25, -0.2) is 9.69 Å². The number of nitrogens with one attached hydrogen (secondary N) is 1. The number of carbonyl (C=O) groups excluding carboxylic acids is 5. The normalized spacial score (nSPS) is 21.7. The van der Waals surface area contributed by atoms with E-state index in [4.69, 9.17) is 0 Å². The number of urea groups is 1. The maximum atomic E-state index is 12.8. The standard InChI is InChI=1S/C23H29N3O5/c1-14(2)12-20(28)24-17-10-8-16(9-11-17)19(27)13-25-21(29)22(30)26(23(25)31)18-7-5-4-6-15(18)3/h8-11,14-15,18H,4-7,12-13H2,1-3H3,(H,24,28)/t15-,18+/m1/s1. The maximum Gasteiger partial charge on any atom is 0.334 e. The molecule has 166 valence electrons. The van der Waals surface area contributed by atoms with Crippen LogP contribution in [0.1, 0.15) is 63.2 Å². The lowest BCUT2D eigenvalue weighted by atomic mass is 9.85. The maximum absolute atomic E-state index is 12.8. The van der Waals surface area contributed by atoms with E-state index in [9.17, 15) is 24.0 Å². The van der Waals surface area contributed by atoms with Crippen molar-refractivity contribution in [2.45, 2.75) is 58.9 Å². The van der Waals surface area contributed by atoms with E-state index in [0.29, 0.717) is 24.1 Å². The first kappa shape index (κ1) is 22.7. The van der Waals surface area contributed by atoms with Gasteiger partial charge in [0.1, 0.15) is 0 Å². The molecule has 0 unspecified atom stereocenters. The first-order valence-corrected chi connectivity index (χ1v) is 10.8. The van der Waals surface area contributed by atoms with Crippen LogP contribution in [0.4, 0.5) is 10.5 Å². The summed E-state index contributed by atoms with van der Waals surface area (Å²) in [5, 5.41) is 2.76. The highest BCUT2D eigenvalue weighted by molar-refractivity contribution is 6.45. The van der Waals surface area contributed by atoms with Crippen molar-refractivity contribution in [3.05, 3.63) is 29.8 Å². The molecule has 1 N–H and O–H groups in total. The molecule has 8 heteroatoms. The molecule has 0 aromatic heterocycles. The Morgan fingerprint density at radius 2 is 1.68 bits per heavy atom. The zero-order valence-electron chi connectivity index (χ0n) is 18.2. The Labute approximate surface area is 182 Å². The molecule has 1 saturated carbocycles. The number of ketones is 1. The zero-order chi connectivity index (χ0) is 22.7. The molecule has 2 aliphatic rings. The van der Waals surface area contributed by atoms with E-state index in [0.717, 1.165) is 29.1 Å². The van der Waals surface area contributed by atoms with Crippen LogP contribution >= 0.6 is 0 Å². The van der Waals surface area contributed by atoms with Crippen molar-refractivity contribution in [3.63, 3.8) is 0 Å². The third-order valence-electron chi connectivity index (χ3n) is 5.87. The first-order chi connectivity index (χ1) is 14.7. The van der Waals surface area contributed by atoms with Crippen LogP contribution in [-0.2, 0) is 14.4 Å². The molecule has 5 amide bonds. The van der Waals surface area contributed by atoms with Gasteiger partial charge in [-0.1, -0.05) is 33.6 Å². The van der Waals surface area contributed by atoms with Crippen molar-refractivity contribution in [1.82, 2.24) is 9.80 Å². The molecular weight excluding hydrogens is 398 g/mol. The van der Waals surface area contributed by atoms with Crippen LogP contribution in [0.5, 0.6) is 0 Å². The van der Waals surface area contributed by atoms with E-state index in [1.54, 1.807) is 12.1 Å². The summed E-state index contributed by atoms with van der Waals surface area (Å²) in [5.74, 6) is -2.00. The molecule has 2 fully saturated rings. The summed E-state index contributed by atoms with van der Waals surface area (Å²) in [5.41, 5.74) is 0.850. The van der Waals surface area contributed by atoms with Crippen LogP contribution < -0.4 is 5.32 Å². The molecule has 0 radical (unpaired) electrons. The average molecular weight is 428 g/mol. The summed E-state index contributed by atoms with van der Waals surface area (Å²) in [6, 6.07) is 5.24. The number of Topliss-reactive ketones (excluding diaryl/α,β-unsaturated/α-hetero) is 1. The number of carbonyl (C=O) groups is 5. The molecule has 1 aromatic carbocycles. The topological polar surface area (TPSA) is 104 Å². The van der Waals surface area contributed by atoms with Crippen molar-refractivity contribution < 1.29 is 24.0 Å². The van der Waals surface area contributed by atoms with E-state index >= 15 is 0 Å². The predicted octanol–water partition coefficient (Wildman–Crippen LogP) is 3.22. The summed E-state index contributed by atoms with van der Waals surface area (Å²) in [4.78, 5) is 64.0. The minimum atomic E-state index is -0.950. The van der Waals surface area contributed by atoms with Gasteiger partial charge in [-0.3, -0.25) is 24.1 Å². The summed E-state index contributed by atoms with van der Waals surface area (Å²) < 4.78 is 0. The lowest BCUT2D eigenvalue weighted by Crippen LogP contribution is -2.46. The SMILES string of the molecule is CC(C)CC(=O)Nc1ccc(C(=O)CN2C(=O)C(=O)N([C@H]3CCCC[C@H]3C)C2=O)cc1. The van der Waals surface area contributed by atoms with Gasteiger partial charge >= 0.3 is 17.8 Å². The van der Waals surface area contributed by atoms with Gasteiger partial charge in [0.25, 0.3) is 0 Å². The second-order valence-corrected chi connectivity index (χ2v) is 8.82. The van der Waals surface area contributed by atoms with Gasteiger partial charge in [-0.2, -0.15) is 0 Å². The summed E-state index contributed by atoms with van der Waals surface area (Å²) >= 11 is 0. The lowest BCUT2D eigenvalue weighted by molar-refractivity contribution is -0.144. The van der Waals surface area contributed by atoms with Crippen molar-refractivity contribution in [1.29, 1.82) is 0 Å². The molecule has 1 aromatic rings. The van der Waals surface area contributed by atoms with Gasteiger partial charge in [-0.05, 0) is 48.9 Å². The van der Waals surface area contributed by atoms with Crippen LogP contribution in [0.15, 0.2) is 24.3 Å². The third-order valence-corrected chi connectivity index (χ3v) is 5.87. The van der Waals surface area contributed by atoms with E-state index < -0.39 is 30.2 Å². The number of anilines is 1. The number of hydrogen-bond donors (Lipinski definition) is 1. The van der Waals surface area contributed by atoms with Gasteiger partial charge in [0.05, 0.1) is 6.54 Å². The molecule has 31 heavy (non-hydrogen) atoms. The number of benzene rings is 1. The van der Waals surface area contributed by atoms with Gasteiger partial charge in [-0.15, -0.1) is 0 Å². The first-order valence-electron chi connectivity index (χ1n) is 10.8. The Morgan fingerprint density at radius 3 is 2.29 bits per heavy atom. The second kappa shape index (κ2) is 9.41. The zero-order valence-corrected chi connectivity index (χ0v) is 18.2. The Balaban J connectivity index is 1.65. The van der Waals surface area contributed by atoms with Gasteiger partial charge in [0.15, 0.2) is 5.78 Å². The van der Waals surface area contributed by atoms with E-state index in [-0.39, 0.29) is 23.8 Å². The molecule has 1 aliphatic heterocycles. The Bertz CT molecular complexity index is 893. The smallest absolute Gasteiger partial charge is 0.326 e. The number of imide groups is 2. The second-order valence-electron chi connectivity index (χ2n) is 8.82. The van der Waals surface area contributed by atoms with Crippen molar-refractivity contribution >= 4 is 35.2 Å². The van der Waals surface area contributed by atoms with E-state index in [2.05, 4.69) is 5.32 Å². The highest BCUT2D eigenvalue weighted by Gasteiger charge is 2.49. The van der Waals surface area contributed by atoms with Gasteiger partial charge in [0, 0.05) is 23.7 Å². The highest BCUT2D eigenvalue weighted by Crippen LogP contribution is 2.31. The van der Waals surface area contributed by atoms with Crippen LogP contribution in [0, 0.1) is 11.8 Å². The number of amides is 5. The summed E-state index contributed by atoms with van der Waals surface area (Å²) in [6.07, 6.45) is 3.91. The fraction of sp³-hybridized carbons (Fsp3) is 0.522. The Morgan fingerprint density at radius 1 is 1.03 bits per heavy atom. The summed E-state index contributed by atoms with van der Waals surface area (Å²) in [6.45, 7) is 5.39. The molecule has 1 heterocycles. The fourth-order valence-electron chi connectivity index (χ4n) is 4.19. The Kier molecular flexibility index (Phi) is 6.87. The predicted molar refractivity (Wildman–Crippen MR) is 114 cm³/mol. The molecule has 3 rings (SSSR count). The molecule has 2 atom stereocenters. The lowest BCUT2D eigenvalue weighted by Gasteiger charge is -2.34. The monoisotopic (exact) mass is 427 g/mol. The van der Waals surface area contributed by atoms with Gasteiger partial charge < -0.3 is 5.32 Å². The fourth-order valence-corrected chi connectivity index (χ4v) is 4.19. The molecule has 1 saturated heterocycles. The van der Waals surface area contributed by atoms with Crippen LogP contribution in [0.25, 0.3) is 0 Å². The van der Waals surface area contributed by atoms with E-state index in [1.807, 2.05) is 20.8 Å². The van der Waals surface area contributed by atoms with Crippen molar-refractivity contribution in [2.24, 2.45) is 11.8 Å². The third kappa shape index (κ3) is 5.00. The number of nitrogens with zero attached hydrogens (tertiary/aromatic N) is 2. The van der Waals surface area contributed by atoms with Crippen LogP contribution in [0.3, 0.4) is 0 Å². The van der Waals surface area contributed by atoms with Crippen LogP contribution in [0.2, 0.25) is 0 Å². The highest BCUT2D eigenvalue weighted by atomic mass is 16.2. The molecule has 0 spiro atoms. The Hall–Kier alpha value is -3.03. The molecule has 0 bridgehead atoms. The average Bonchev–Trinajstić information content (AvgIpc) is 2.91. The molecular formula is C23H29N3O5. The van der Waals surface area contributed by atoms with Gasteiger partial charge in [0.2, 0.25) is 5.91 Å². The van der Waals surface area contributed by atoms with Crippen molar-refractivity contribution in [2.75, 3.05) is 11.9 Å². The quantitative estimate of drug-likeness (QED) is 0.409. The number of rotatable bonds is 7. The molecule has 1 aliphatic carbocycles. The molecule has 8 nitrogen and oxygen atoms in total. The van der Waals surface area contributed by atoms with Crippen LogP contribution in [-0.4, -0.2) is 51.9 Å². The number of hydrogen-bond acceptors (Lipinski definition) is 5. The minimum absolute atomic E-state index is 0.113. The summed E-state index contributed by atoms with van der Waals surface area (Å²) in [7, 11) is 0. The van der Waals surface area contributed by atoms with E-state index in [1.165, 1.54) is 12.1 Å². The largest absolute Gasteiger partial charge is 0.334 e. The van der Waals surface area contributed by atoms with Crippen molar-refractivity contribution in [3.8, 4) is 0 Å².